The van der Waals surface area contributed by atoms with Gasteiger partial charge in [0.15, 0.2) is 0 Å². The Balaban J connectivity index is 1.77. The molecule has 1 unspecified atom stereocenters. The van der Waals surface area contributed by atoms with Crippen LogP contribution in [0, 0.1) is 28.6 Å². The summed E-state index contributed by atoms with van der Waals surface area (Å²) in [5.41, 5.74) is -0.839. The molecule has 264 valence electrons. The summed E-state index contributed by atoms with van der Waals surface area (Å²) >= 11 is 0. The van der Waals surface area contributed by atoms with Crippen molar-refractivity contribution in [2.75, 3.05) is 13.1 Å². The molecular weight excluding hydrogens is 598 g/mol. The van der Waals surface area contributed by atoms with Crippen LogP contribution in [0.4, 0.5) is 4.79 Å². The van der Waals surface area contributed by atoms with E-state index in [4.69, 9.17) is 0 Å². The predicted molar refractivity (Wildman–Crippen MR) is 181 cm³/mol. The smallest absolute Gasteiger partial charge is 0.315 e. The topological polar surface area (TPSA) is 154 Å². The first-order chi connectivity index (χ1) is 21.8. The number of hydrogen-bond donors (Lipinski definition) is 4. The van der Waals surface area contributed by atoms with Gasteiger partial charge in [-0.15, -0.1) is 6.58 Å². The Morgan fingerprint density at radius 2 is 1.60 bits per heavy atom. The van der Waals surface area contributed by atoms with Crippen LogP contribution >= 0.6 is 0 Å². The Bertz CT molecular complexity index is 1210. The van der Waals surface area contributed by atoms with Crippen molar-refractivity contribution in [2.24, 2.45) is 28.6 Å². The fourth-order valence-corrected chi connectivity index (χ4v) is 7.41. The minimum Gasteiger partial charge on any atom is -0.349 e. The summed E-state index contributed by atoms with van der Waals surface area (Å²) in [7, 11) is 0. The lowest BCUT2D eigenvalue weighted by Gasteiger charge is -2.37. The van der Waals surface area contributed by atoms with Crippen molar-refractivity contribution < 1.29 is 28.8 Å². The second kappa shape index (κ2) is 15.3. The zero-order valence-corrected chi connectivity index (χ0v) is 29.9. The summed E-state index contributed by atoms with van der Waals surface area (Å²) in [5.74, 6) is -2.48. The fourth-order valence-electron chi connectivity index (χ4n) is 7.41. The quantitative estimate of drug-likeness (QED) is 0.163. The van der Waals surface area contributed by atoms with Crippen LogP contribution in [0.15, 0.2) is 12.7 Å². The molecule has 3 fully saturated rings. The highest BCUT2D eigenvalue weighted by molar-refractivity contribution is 6.38. The molecule has 1 heterocycles. The Kier molecular flexibility index (Phi) is 12.5. The first kappa shape index (κ1) is 38.2. The highest BCUT2D eigenvalue weighted by Gasteiger charge is 2.69. The normalized spacial score (nSPS) is 23.5. The average molecular weight is 658 g/mol. The summed E-state index contributed by atoms with van der Waals surface area (Å²) in [5, 5.41) is 11.2. The fraction of sp³-hybridized carbons (Fsp3) is 0.778. The predicted octanol–water partition coefficient (Wildman–Crippen LogP) is 4.05. The molecule has 3 rings (SSSR count). The van der Waals surface area contributed by atoms with E-state index in [0.717, 1.165) is 32.1 Å². The minimum absolute atomic E-state index is 0.00809. The number of piperidine rings is 1. The highest BCUT2D eigenvalue weighted by Crippen LogP contribution is 2.65. The monoisotopic (exact) mass is 657 g/mol. The molecule has 0 radical (unpaired) electrons. The lowest BCUT2D eigenvalue weighted by molar-refractivity contribution is -0.145. The molecule has 11 nitrogen and oxygen atoms in total. The maximum Gasteiger partial charge on any atom is 0.315 e. The summed E-state index contributed by atoms with van der Waals surface area (Å²) in [4.78, 5) is 81.4. The number of amides is 5. The van der Waals surface area contributed by atoms with Crippen molar-refractivity contribution in [1.82, 2.24) is 26.2 Å². The van der Waals surface area contributed by atoms with Crippen LogP contribution in [0.3, 0.4) is 0 Å². The van der Waals surface area contributed by atoms with E-state index in [1.165, 1.54) is 0 Å². The maximum absolute atomic E-state index is 14.3. The summed E-state index contributed by atoms with van der Waals surface area (Å²) in [6.45, 7) is 19.8. The molecule has 1 saturated heterocycles. The van der Waals surface area contributed by atoms with Crippen LogP contribution in [0.5, 0.6) is 0 Å². The number of carbonyl (C=O) groups excluding carboxylic acids is 6. The number of rotatable bonds is 14. The molecule has 3 aliphatic rings. The Hall–Kier alpha value is -3.24. The third kappa shape index (κ3) is 10.4. The number of urea groups is 1. The molecule has 0 aromatic heterocycles. The van der Waals surface area contributed by atoms with Gasteiger partial charge in [-0.05, 0) is 75.0 Å². The molecule has 1 aliphatic heterocycles. The van der Waals surface area contributed by atoms with Crippen molar-refractivity contribution in [1.29, 1.82) is 0 Å². The lowest BCUT2D eigenvalue weighted by Crippen LogP contribution is -2.61. The van der Waals surface area contributed by atoms with E-state index in [2.05, 4.69) is 41.7 Å². The largest absolute Gasteiger partial charge is 0.349 e. The molecule has 47 heavy (non-hydrogen) atoms. The number of allylic oxidation sites excluding steroid dienone is 1. The lowest BCUT2D eigenvalue weighted by atomic mass is 9.83. The van der Waals surface area contributed by atoms with Gasteiger partial charge in [0.2, 0.25) is 17.6 Å². The van der Waals surface area contributed by atoms with Gasteiger partial charge in [0.25, 0.3) is 5.91 Å². The van der Waals surface area contributed by atoms with Gasteiger partial charge in [-0.1, -0.05) is 60.0 Å². The number of ketones is 2. The number of fused-ring (bicyclic) bond motifs is 1. The maximum atomic E-state index is 14.3. The van der Waals surface area contributed by atoms with Crippen LogP contribution in [0.25, 0.3) is 0 Å². The highest BCUT2D eigenvalue weighted by atomic mass is 16.2. The Labute approximate surface area is 281 Å². The average Bonchev–Trinajstić information content (AvgIpc) is 3.26. The standard InChI is InChI=1S/C36H59N5O6/c1-10-11-17-25(29(43)31(45)37-19-18-23(42)20-34(2,3)4)38-30(44)28-26-24(36(26,8)9)21-41(28)32(46)27(22-15-13-12-14-16-22)39-33(47)40-35(5,6)7/h10,22,24-28H,1,11-21H2,2-9H3,(H,37,45)(H,38,44)(H2,39,40,47)/t24-,25?,26-,27-,28-/m0/s1. The van der Waals surface area contributed by atoms with E-state index in [9.17, 15) is 28.8 Å². The Morgan fingerprint density at radius 1 is 0.957 bits per heavy atom. The van der Waals surface area contributed by atoms with Crippen LogP contribution in [0.1, 0.15) is 113 Å². The van der Waals surface area contributed by atoms with Gasteiger partial charge < -0.3 is 26.2 Å². The van der Waals surface area contributed by atoms with Gasteiger partial charge in [-0.3, -0.25) is 24.0 Å². The summed E-state index contributed by atoms with van der Waals surface area (Å²) < 4.78 is 0. The number of likely N-dealkylation sites (tertiary alicyclic amines) is 1. The third-order valence-corrected chi connectivity index (χ3v) is 9.86. The molecule has 2 saturated carbocycles. The first-order valence-electron chi connectivity index (χ1n) is 17.4. The van der Waals surface area contributed by atoms with E-state index in [-0.39, 0.29) is 59.7 Å². The molecule has 5 amide bonds. The number of nitrogens with zero attached hydrogens (tertiary/aromatic N) is 1. The number of carbonyl (C=O) groups is 6. The first-order valence-corrected chi connectivity index (χ1v) is 17.4. The molecule has 11 heteroatoms. The number of Topliss-reactive ketones (excluding diaryl/α,β-unsaturated/α-hetero) is 2. The number of hydrogen-bond acceptors (Lipinski definition) is 6. The van der Waals surface area contributed by atoms with Gasteiger partial charge in [-0.25, -0.2) is 4.79 Å². The molecular formula is C36H59N5O6. The third-order valence-electron chi connectivity index (χ3n) is 9.86. The van der Waals surface area contributed by atoms with Crippen LogP contribution in [0.2, 0.25) is 0 Å². The molecule has 0 spiro atoms. The second-order valence-corrected chi connectivity index (χ2v) is 16.7. The van der Waals surface area contributed by atoms with Gasteiger partial charge >= 0.3 is 6.03 Å². The van der Waals surface area contributed by atoms with Crippen molar-refractivity contribution in [3.05, 3.63) is 12.7 Å². The van der Waals surface area contributed by atoms with E-state index in [1.54, 1.807) is 11.0 Å². The van der Waals surface area contributed by atoms with E-state index < -0.39 is 47.3 Å². The zero-order valence-electron chi connectivity index (χ0n) is 29.9. The molecule has 0 bridgehead atoms. The molecule has 4 N–H and O–H groups in total. The van der Waals surface area contributed by atoms with E-state index >= 15 is 0 Å². The molecule has 0 aromatic carbocycles. The van der Waals surface area contributed by atoms with Crippen LogP contribution < -0.4 is 21.3 Å². The Morgan fingerprint density at radius 3 is 2.17 bits per heavy atom. The van der Waals surface area contributed by atoms with Crippen molar-refractivity contribution in [3.8, 4) is 0 Å². The van der Waals surface area contributed by atoms with E-state index in [0.29, 0.717) is 19.4 Å². The van der Waals surface area contributed by atoms with Crippen molar-refractivity contribution in [3.63, 3.8) is 0 Å². The van der Waals surface area contributed by atoms with Gasteiger partial charge in [0.05, 0.1) is 6.04 Å². The van der Waals surface area contributed by atoms with Gasteiger partial charge in [-0.2, -0.15) is 0 Å². The summed E-state index contributed by atoms with van der Waals surface area (Å²) in [6, 6.07) is -3.15. The number of nitrogens with one attached hydrogen (secondary N) is 4. The minimum atomic E-state index is -1.12. The van der Waals surface area contributed by atoms with Gasteiger partial charge in [0, 0.05) is 31.5 Å². The van der Waals surface area contributed by atoms with Crippen LogP contribution in [-0.2, 0) is 24.0 Å². The second-order valence-electron chi connectivity index (χ2n) is 16.7. The van der Waals surface area contributed by atoms with Crippen molar-refractivity contribution >= 4 is 35.3 Å². The van der Waals surface area contributed by atoms with Crippen LogP contribution in [-0.4, -0.2) is 77.0 Å². The zero-order chi connectivity index (χ0) is 35.3. The SMILES string of the molecule is C=CCCC(NC(=O)[C@@H]1[C@@H]2[C@H](CN1C(=O)[C@@H](NC(=O)NC(C)(C)C)C1CCCCC1)C2(C)C)C(=O)C(=O)NCCC(=O)CC(C)(C)C. The van der Waals surface area contributed by atoms with Crippen molar-refractivity contribution in [2.45, 2.75) is 137 Å². The molecule has 5 atom stereocenters. The van der Waals surface area contributed by atoms with Gasteiger partial charge in [0.1, 0.15) is 17.9 Å². The molecule has 0 aromatic rings. The van der Waals surface area contributed by atoms with E-state index in [1.807, 2.05) is 41.5 Å². The summed E-state index contributed by atoms with van der Waals surface area (Å²) in [6.07, 6.45) is 7.29. The molecule has 2 aliphatic carbocycles.